The van der Waals surface area contributed by atoms with E-state index >= 15 is 0 Å². The van der Waals surface area contributed by atoms with Crippen LogP contribution in [0.5, 0.6) is 5.75 Å². The summed E-state index contributed by atoms with van der Waals surface area (Å²) in [7, 11) is 1.50. The van der Waals surface area contributed by atoms with Gasteiger partial charge in [0.2, 0.25) is 5.91 Å². The number of rotatable bonds is 9. The van der Waals surface area contributed by atoms with E-state index in [4.69, 9.17) is 21.8 Å². The molecule has 10 N–H and O–H groups in total. The van der Waals surface area contributed by atoms with Crippen LogP contribution in [0.15, 0.2) is 29.3 Å². The van der Waals surface area contributed by atoms with Crippen molar-refractivity contribution < 1.29 is 19.9 Å². The van der Waals surface area contributed by atoms with E-state index in [-0.39, 0.29) is 30.9 Å². The lowest BCUT2D eigenvalue weighted by molar-refractivity contribution is -0.123. The van der Waals surface area contributed by atoms with E-state index in [0.717, 1.165) is 0 Å². The van der Waals surface area contributed by atoms with Gasteiger partial charge >= 0.3 is 0 Å². The zero-order chi connectivity index (χ0) is 23.1. The SMILES string of the molecule is CC.CN.Cc1ccc(O)cc1.NC(N)=NCCCC(CC(=O)NCC=O)NO. The Morgan fingerprint density at radius 1 is 1.21 bits per heavy atom. The van der Waals surface area contributed by atoms with Crippen LogP contribution in [0.4, 0.5) is 0 Å². The lowest BCUT2D eigenvalue weighted by Crippen LogP contribution is -2.35. The third-order valence-electron chi connectivity index (χ3n) is 3.04. The molecule has 0 aromatic heterocycles. The third kappa shape index (κ3) is 23.3. The number of aryl methyl sites for hydroxylation is 1. The summed E-state index contributed by atoms with van der Waals surface area (Å²) < 4.78 is 0. The van der Waals surface area contributed by atoms with Crippen molar-refractivity contribution in [2.45, 2.75) is 46.1 Å². The van der Waals surface area contributed by atoms with Crippen LogP contribution >= 0.6 is 0 Å². The van der Waals surface area contributed by atoms with Crippen LogP contribution in [0.25, 0.3) is 0 Å². The van der Waals surface area contributed by atoms with E-state index in [1.807, 2.05) is 38.4 Å². The standard InChI is InChI=1S/C9H19N5O3.C7H8O.C2H6.CH5N/c10-9(11)13-3-1-2-7(14-17)6-8(16)12-4-5-15;1-6-2-4-7(8)5-3-6;2*1-2/h5,7,14,17H,1-4,6H2,(H,12,16)(H4,10,11,13);2-5,8H,1H3;1-2H3;2H2,1H3. The number of phenols is 1. The number of aliphatic imine (C=N–C) groups is 1. The highest BCUT2D eigenvalue weighted by atomic mass is 16.5. The highest BCUT2D eigenvalue weighted by Crippen LogP contribution is 2.07. The zero-order valence-corrected chi connectivity index (χ0v) is 17.9. The number of guanidine groups is 1. The van der Waals surface area contributed by atoms with Gasteiger partial charge in [-0.2, -0.15) is 0 Å². The predicted molar refractivity (Wildman–Crippen MR) is 117 cm³/mol. The van der Waals surface area contributed by atoms with Crippen LogP contribution in [0.2, 0.25) is 0 Å². The molecule has 1 aromatic rings. The number of nitrogens with one attached hydrogen (secondary N) is 2. The molecule has 1 atom stereocenters. The quantitative estimate of drug-likeness (QED) is 0.0992. The molecule has 29 heavy (non-hydrogen) atoms. The Bertz CT molecular complexity index is 513. The Morgan fingerprint density at radius 2 is 1.76 bits per heavy atom. The Labute approximate surface area is 173 Å². The fourth-order valence-corrected chi connectivity index (χ4v) is 1.75. The normalized spacial score (nSPS) is 9.72. The van der Waals surface area contributed by atoms with Gasteiger partial charge in [-0.3, -0.25) is 9.79 Å². The summed E-state index contributed by atoms with van der Waals surface area (Å²) in [4.78, 5) is 25.0. The number of hydrogen-bond acceptors (Lipinski definition) is 7. The molecular formula is C19H38N6O4. The van der Waals surface area contributed by atoms with Gasteiger partial charge in [0.05, 0.1) is 6.54 Å². The molecule has 0 radical (unpaired) electrons. The van der Waals surface area contributed by atoms with Crippen molar-refractivity contribution in [2.24, 2.45) is 22.2 Å². The largest absolute Gasteiger partial charge is 0.508 e. The monoisotopic (exact) mass is 414 g/mol. The molecule has 168 valence electrons. The van der Waals surface area contributed by atoms with Crippen LogP contribution in [0, 0.1) is 6.92 Å². The average Bonchev–Trinajstić information content (AvgIpc) is 2.74. The molecule has 1 aromatic carbocycles. The number of aromatic hydroxyl groups is 1. The first kappa shape index (κ1) is 31.0. The van der Waals surface area contributed by atoms with E-state index in [9.17, 15) is 9.59 Å². The Kier molecular flexibility index (Phi) is 25.0. The van der Waals surface area contributed by atoms with Gasteiger partial charge in [-0.15, -0.1) is 0 Å². The van der Waals surface area contributed by atoms with Gasteiger partial charge < -0.3 is 37.6 Å². The Balaban J connectivity index is -0.000000465. The first-order chi connectivity index (χ1) is 13.9. The molecule has 0 bridgehead atoms. The number of phenolic OH excluding ortho intramolecular Hbond substituents is 1. The molecule has 1 rings (SSSR count). The van der Waals surface area contributed by atoms with Gasteiger partial charge in [-0.05, 0) is 38.9 Å². The van der Waals surface area contributed by atoms with Crippen molar-refractivity contribution in [1.29, 1.82) is 0 Å². The van der Waals surface area contributed by atoms with Crippen molar-refractivity contribution in [3.05, 3.63) is 29.8 Å². The lowest BCUT2D eigenvalue weighted by atomic mass is 10.1. The number of carbonyl (C=O) groups excluding carboxylic acids is 2. The lowest BCUT2D eigenvalue weighted by Gasteiger charge is -2.13. The Morgan fingerprint density at radius 3 is 2.17 bits per heavy atom. The molecule has 0 fully saturated rings. The number of nitrogens with zero attached hydrogens (tertiary/aromatic N) is 1. The summed E-state index contributed by atoms with van der Waals surface area (Å²) in [6.45, 7) is 6.40. The average molecular weight is 415 g/mol. The highest BCUT2D eigenvalue weighted by Gasteiger charge is 2.12. The Hall–Kier alpha value is -2.69. The zero-order valence-electron chi connectivity index (χ0n) is 17.9. The van der Waals surface area contributed by atoms with Gasteiger partial charge in [0.15, 0.2) is 5.96 Å². The minimum absolute atomic E-state index is 0.0160. The maximum absolute atomic E-state index is 11.2. The van der Waals surface area contributed by atoms with Crippen molar-refractivity contribution in [3.63, 3.8) is 0 Å². The molecule has 0 aliphatic heterocycles. The first-order valence-electron chi connectivity index (χ1n) is 9.37. The smallest absolute Gasteiger partial charge is 0.222 e. The maximum atomic E-state index is 11.2. The molecular weight excluding hydrogens is 376 g/mol. The number of hydroxylamine groups is 1. The van der Waals surface area contributed by atoms with Gasteiger partial charge in [0.1, 0.15) is 12.0 Å². The van der Waals surface area contributed by atoms with Crippen molar-refractivity contribution in [3.8, 4) is 5.75 Å². The molecule has 10 nitrogen and oxygen atoms in total. The number of nitrogens with two attached hydrogens (primary N) is 3. The van der Waals surface area contributed by atoms with E-state index in [0.29, 0.717) is 31.4 Å². The highest BCUT2D eigenvalue weighted by molar-refractivity contribution is 5.78. The van der Waals surface area contributed by atoms with Crippen molar-refractivity contribution >= 4 is 18.2 Å². The van der Waals surface area contributed by atoms with Crippen LogP contribution in [-0.2, 0) is 9.59 Å². The van der Waals surface area contributed by atoms with E-state index in [1.54, 1.807) is 12.1 Å². The number of amides is 1. The fourth-order valence-electron chi connectivity index (χ4n) is 1.75. The summed E-state index contributed by atoms with van der Waals surface area (Å²) in [5.74, 6) is 0.0447. The molecule has 0 aliphatic carbocycles. The van der Waals surface area contributed by atoms with E-state index in [1.165, 1.54) is 12.6 Å². The number of aldehydes is 1. The maximum Gasteiger partial charge on any atom is 0.222 e. The minimum Gasteiger partial charge on any atom is -0.508 e. The third-order valence-corrected chi connectivity index (χ3v) is 3.04. The van der Waals surface area contributed by atoms with E-state index < -0.39 is 0 Å². The van der Waals surface area contributed by atoms with Crippen LogP contribution < -0.4 is 28.0 Å². The van der Waals surface area contributed by atoms with Gasteiger partial charge in [0, 0.05) is 19.0 Å². The molecule has 0 saturated carbocycles. The van der Waals surface area contributed by atoms with Gasteiger partial charge in [0.25, 0.3) is 0 Å². The van der Waals surface area contributed by atoms with Crippen molar-refractivity contribution in [2.75, 3.05) is 20.1 Å². The predicted octanol–water partition coefficient (Wildman–Crippen LogP) is 0.394. The second-order valence-electron chi connectivity index (χ2n) is 5.29. The number of benzene rings is 1. The number of carbonyl (C=O) groups is 2. The molecule has 1 unspecified atom stereocenters. The second-order valence-corrected chi connectivity index (χ2v) is 5.29. The van der Waals surface area contributed by atoms with Crippen LogP contribution in [0.1, 0.15) is 38.7 Å². The van der Waals surface area contributed by atoms with Gasteiger partial charge in [-0.25, -0.2) is 5.48 Å². The van der Waals surface area contributed by atoms with Crippen LogP contribution in [0.3, 0.4) is 0 Å². The number of hydrogen-bond donors (Lipinski definition) is 7. The minimum atomic E-state index is -0.379. The molecule has 10 heteroatoms. The molecule has 0 heterocycles. The molecule has 0 aliphatic rings. The summed E-state index contributed by atoms with van der Waals surface area (Å²) in [6.07, 6.45) is 1.86. The van der Waals surface area contributed by atoms with E-state index in [2.05, 4.69) is 16.0 Å². The fraction of sp³-hybridized carbons (Fsp3) is 0.526. The first-order valence-corrected chi connectivity index (χ1v) is 9.37. The summed E-state index contributed by atoms with van der Waals surface area (Å²) in [5, 5.41) is 20.0. The van der Waals surface area contributed by atoms with Crippen LogP contribution in [-0.4, -0.2) is 54.6 Å². The van der Waals surface area contributed by atoms with Gasteiger partial charge in [-0.1, -0.05) is 31.5 Å². The molecule has 1 amide bonds. The summed E-state index contributed by atoms with van der Waals surface area (Å²) in [5.41, 5.74) is 18.0. The topological polar surface area (TPSA) is 189 Å². The summed E-state index contributed by atoms with van der Waals surface area (Å²) in [6, 6.07) is 6.71. The second kappa shape index (κ2) is 23.3. The molecule has 0 spiro atoms. The van der Waals surface area contributed by atoms with Crippen molar-refractivity contribution in [1.82, 2.24) is 10.8 Å². The molecule has 0 saturated heterocycles. The summed E-state index contributed by atoms with van der Waals surface area (Å²) >= 11 is 0.